The van der Waals surface area contributed by atoms with Crippen LogP contribution in [0.5, 0.6) is 5.75 Å². The third kappa shape index (κ3) is 5.76. The third-order valence-corrected chi connectivity index (χ3v) is 4.90. The Hall–Kier alpha value is -4.14. The zero-order valence-corrected chi connectivity index (χ0v) is 18.9. The lowest BCUT2D eigenvalue weighted by atomic mass is 10.1. The molecule has 0 radical (unpaired) electrons. The van der Waals surface area contributed by atoms with Crippen molar-refractivity contribution in [1.29, 1.82) is 0 Å². The molecule has 0 saturated carbocycles. The minimum absolute atomic E-state index is 0.387. The smallest absolute Gasteiger partial charge is 0.226 e. The van der Waals surface area contributed by atoms with E-state index in [4.69, 9.17) is 9.15 Å². The summed E-state index contributed by atoms with van der Waals surface area (Å²) in [7, 11) is 1.64. The summed E-state index contributed by atoms with van der Waals surface area (Å²) in [5.74, 6) is 3.36. The Balaban J connectivity index is 1.37. The Bertz CT molecular complexity index is 1190. The summed E-state index contributed by atoms with van der Waals surface area (Å²) < 4.78 is 10.8. The lowest BCUT2D eigenvalue weighted by Gasteiger charge is -2.09. The molecule has 0 saturated heterocycles. The molecule has 0 aliphatic rings. The normalized spacial score (nSPS) is 11.4. The minimum Gasteiger partial charge on any atom is -0.497 e. The number of aromatic amines is 1. The van der Waals surface area contributed by atoms with Gasteiger partial charge in [-0.05, 0) is 50.2 Å². The maximum Gasteiger partial charge on any atom is 0.226 e. The van der Waals surface area contributed by atoms with Crippen LogP contribution in [0.4, 0.5) is 0 Å². The molecule has 9 nitrogen and oxygen atoms in total. The Kier molecular flexibility index (Phi) is 6.99. The van der Waals surface area contributed by atoms with E-state index in [0.29, 0.717) is 36.6 Å². The number of aliphatic imine (C=N–C) groups is 1. The topological polar surface area (TPSA) is 113 Å². The highest BCUT2D eigenvalue weighted by atomic mass is 16.5. The molecule has 3 N–H and O–H groups in total. The summed E-state index contributed by atoms with van der Waals surface area (Å²) in [5, 5.41) is 13.7. The molecule has 4 aromatic rings. The van der Waals surface area contributed by atoms with Crippen molar-refractivity contribution in [2.24, 2.45) is 4.99 Å². The maximum atomic E-state index is 5.62. The van der Waals surface area contributed by atoms with Crippen molar-refractivity contribution >= 4 is 5.96 Å². The summed E-state index contributed by atoms with van der Waals surface area (Å²) in [4.78, 5) is 13.7. The van der Waals surface area contributed by atoms with Crippen LogP contribution in [0.2, 0.25) is 0 Å². The van der Waals surface area contributed by atoms with Gasteiger partial charge in [0.25, 0.3) is 0 Å². The Labute approximate surface area is 192 Å². The Morgan fingerprint density at radius 1 is 1.03 bits per heavy atom. The average Bonchev–Trinajstić information content (AvgIpc) is 3.51. The fourth-order valence-corrected chi connectivity index (χ4v) is 3.12. The van der Waals surface area contributed by atoms with Gasteiger partial charge in [0.15, 0.2) is 11.8 Å². The quantitative estimate of drug-likeness (QED) is 0.280. The van der Waals surface area contributed by atoms with Gasteiger partial charge in [-0.15, -0.1) is 0 Å². The van der Waals surface area contributed by atoms with Gasteiger partial charge in [-0.25, -0.2) is 15.0 Å². The number of aromatic nitrogens is 4. The standard InChI is InChI=1S/C24H27N7O2/c1-4-25-24(26-13-19-15-33-23(28-19)18-7-5-16(2)6-8-18)27-14-21-29-22(31-30-21)17-9-11-20(32-3)12-10-17/h5-12,15H,4,13-14H2,1-3H3,(H2,25,26,27)(H,29,30,31). The predicted octanol–water partition coefficient (Wildman–Crippen LogP) is 3.70. The number of aryl methyl sites for hydroxylation is 1. The molecule has 4 rings (SSSR count). The summed E-state index contributed by atoms with van der Waals surface area (Å²) in [6.45, 7) is 5.62. The second-order valence-corrected chi connectivity index (χ2v) is 7.39. The molecule has 0 bridgehead atoms. The van der Waals surface area contributed by atoms with Gasteiger partial charge in [-0.3, -0.25) is 5.10 Å². The highest BCUT2D eigenvalue weighted by Crippen LogP contribution is 2.20. The van der Waals surface area contributed by atoms with Gasteiger partial charge in [0.2, 0.25) is 5.89 Å². The Morgan fingerprint density at radius 2 is 1.79 bits per heavy atom. The van der Waals surface area contributed by atoms with Crippen LogP contribution in [0.15, 0.2) is 64.2 Å². The number of hydrogen-bond donors (Lipinski definition) is 3. The molecule has 33 heavy (non-hydrogen) atoms. The van der Waals surface area contributed by atoms with Crippen LogP contribution >= 0.6 is 0 Å². The first-order valence-corrected chi connectivity index (χ1v) is 10.7. The van der Waals surface area contributed by atoms with E-state index in [1.54, 1.807) is 13.4 Å². The number of hydrogen-bond acceptors (Lipinski definition) is 6. The molecule has 9 heteroatoms. The van der Waals surface area contributed by atoms with Gasteiger partial charge in [-0.2, -0.15) is 5.10 Å². The summed E-state index contributed by atoms with van der Waals surface area (Å²) in [6, 6.07) is 15.7. The molecule has 0 atom stereocenters. The number of H-pyrrole nitrogens is 1. The largest absolute Gasteiger partial charge is 0.497 e. The van der Waals surface area contributed by atoms with Gasteiger partial charge in [0.05, 0.1) is 20.2 Å². The first-order valence-electron chi connectivity index (χ1n) is 10.7. The molecule has 0 amide bonds. The van der Waals surface area contributed by atoms with E-state index in [-0.39, 0.29) is 0 Å². The summed E-state index contributed by atoms with van der Waals surface area (Å²) in [5.41, 5.74) is 3.80. The van der Waals surface area contributed by atoms with Crippen LogP contribution in [0, 0.1) is 6.92 Å². The monoisotopic (exact) mass is 445 g/mol. The van der Waals surface area contributed by atoms with E-state index in [2.05, 4.69) is 35.8 Å². The molecule has 0 aliphatic heterocycles. The van der Waals surface area contributed by atoms with Crippen molar-refractivity contribution < 1.29 is 9.15 Å². The van der Waals surface area contributed by atoms with E-state index < -0.39 is 0 Å². The van der Waals surface area contributed by atoms with Crippen molar-refractivity contribution in [3.05, 3.63) is 71.9 Å². The van der Waals surface area contributed by atoms with Gasteiger partial charge in [0, 0.05) is 17.7 Å². The van der Waals surface area contributed by atoms with Crippen molar-refractivity contribution in [3.63, 3.8) is 0 Å². The molecular weight excluding hydrogens is 418 g/mol. The van der Waals surface area contributed by atoms with Crippen molar-refractivity contribution in [2.45, 2.75) is 26.9 Å². The number of benzene rings is 2. The fraction of sp³-hybridized carbons (Fsp3) is 0.250. The number of guanidine groups is 1. The Morgan fingerprint density at radius 3 is 2.52 bits per heavy atom. The molecule has 0 aliphatic carbocycles. The molecule has 0 unspecified atom stereocenters. The van der Waals surface area contributed by atoms with Crippen LogP contribution in [0.3, 0.4) is 0 Å². The van der Waals surface area contributed by atoms with Crippen LogP contribution in [0.1, 0.15) is 24.0 Å². The molecule has 2 aromatic carbocycles. The van der Waals surface area contributed by atoms with E-state index in [9.17, 15) is 0 Å². The summed E-state index contributed by atoms with van der Waals surface area (Å²) >= 11 is 0. The zero-order valence-electron chi connectivity index (χ0n) is 18.9. The number of ether oxygens (including phenoxy) is 1. The summed E-state index contributed by atoms with van der Waals surface area (Å²) in [6.07, 6.45) is 1.64. The number of oxazole rings is 1. The van der Waals surface area contributed by atoms with Crippen molar-refractivity contribution in [1.82, 2.24) is 30.8 Å². The molecule has 0 spiro atoms. The molecular formula is C24H27N7O2. The molecule has 2 heterocycles. The van der Waals surface area contributed by atoms with E-state index in [0.717, 1.165) is 29.1 Å². The maximum absolute atomic E-state index is 5.62. The highest BCUT2D eigenvalue weighted by Gasteiger charge is 2.09. The fourth-order valence-electron chi connectivity index (χ4n) is 3.12. The predicted molar refractivity (Wildman–Crippen MR) is 127 cm³/mol. The number of rotatable bonds is 8. The lowest BCUT2D eigenvalue weighted by molar-refractivity contribution is 0.415. The SMILES string of the molecule is CCNC(=NCc1coc(-c2ccc(C)cc2)n1)NCc1nc(-c2ccc(OC)cc2)n[nH]1. The third-order valence-electron chi connectivity index (χ3n) is 4.90. The van der Waals surface area contributed by atoms with Crippen LogP contribution < -0.4 is 15.4 Å². The van der Waals surface area contributed by atoms with Crippen LogP contribution in [-0.4, -0.2) is 39.8 Å². The van der Waals surface area contributed by atoms with Gasteiger partial charge in [0.1, 0.15) is 23.5 Å². The highest BCUT2D eigenvalue weighted by molar-refractivity contribution is 5.79. The van der Waals surface area contributed by atoms with Crippen molar-refractivity contribution in [2.75, 3.05) is 13.7 Å². The van der Waals surface area contributed by atoms with Crippen LogP contribution in [-0.2, 0) is 13.1 Å². The van der Waals surface area contributed by atoms with Gasteiger partial charge in [-0.1, -0.05) is 17.7 Å². The van der Waals surface area contributed by atoms with E-state index >= 15 is 0 Å². The molecule has 2 aromatic heterocycles. The molecule has 170 valence electrons. The van der Waals surface area contributed by atoms with Crippen LogP contribution in [0.25, 0.3) is 22.8 Å². The second-order valence-electron chi connectivity index (χ2n) is 7.39. The van der Waals surface area contributed by atoms with E-state index in [1.807, 2.05) is 62.4 Å². The van der Waals surface area contributed by atoms with Gasteiger partial charge < -0.3 is 19.8 Å². The number of nitrogens with one attached hydrogen (secondary N) is 3. The average molecular weight is 446 g/mol. The van der Waals surface area contributed by atoms with E-state index in [1.165, 1.54) is 5.56 Å². The first kappa shape index (κ1) is 22.1. The lowest BCUT2D eigenvalue weighted by Crippen LogP contribution is -2.37. The molecule has 0 fully saturated rings. The van der Waals surface area contributed by atoms with Crippen molar-refractivity contribution in [3.8, 4) is 28.6 Å². The number of methoxy groups -OCH3 is 1. The minimum atomic E-state index is 0.387. The number of nitrogens with zero attached hydrogens (tertiary/aromatic N) is 4. The van der Waals surface area contributed by atoms with Gasteiger partial charge >= 0.3 is 0 Å². The second kappa shape index (κ2) is 10.4. The zero-order chi connectivity index (χ0) is 23.0. The first-order chi connectivity index (χ1) is 16.1.